The summed E-state index contributed by atoms with van der Waals surface area (Å²) in [7, 11) is -0.450. The molecule has 3 rings (SSSR count). The quantitative estimate of drug-likeness (QED) is 0.854. The molecule has 1 aromatic heterocycles. The van der Waals surface area contributed by atoms with Gasteiger partial charge in [-0.1, -0.05) is 41.9 Å². The van der Waals surface area contributed by atoms with Gasteiger partial charge in [0.05, 0.1) is 0 Å². The molecule has 23 heavy (non-hydrogen) atoms. The Morgan fingerprint density at radius 2 is 1.96 bits per heavy atom. The highest BCUT2D eigenvalue weighted by Crippen LogP contribution is 2.33. The second kappa shape index (κ2) is 6.38. The number of hydrogen-bond donors (Lipinski definition) is 0. The van der Waals surface area contributed by atoms with Crippen LogP contribution in [-0.2, 0) is 10.2 Å². The summed E-state index contributed by atoms with van der Waals surface area (Å²) in [6.07, 6.45) is 2.46. The average Bonchev–Trinajstić information content (AvgIpc) is 3.05. The highest BCUT2D eigenvalue weighted by atomic mass is 32.2. The van der Waals surface area contributed by atoms with Crippen LogP contribution < -0.4 is 0 Å². The molecule has 1 aromatic carbocycles. The Kier molecular flexibility index (Phi) is 4.47. The van der Waals surface area contributed by atoms with Gasteiger partial charge in [-0.25, -0.2) is 0 Å². The van der Waals surface area contributed by atoms with Gasteiger partial charge in [0.2, 0.25) is 11.7 Å². The van der Waals surface area contributed by atoms with Gasteiger partial charge in [-0.05, 0) is 12.8 Å². The summed E-state index contributed by atoms with van der Waals surface area (Å²) in [6.45, 7) is 0.466. The van der Waals surface area contributed by atoms with Gasteiger partial charge in [0, 0.05) is 26.2 Å². The monoisotopic (exact) mass is 336 g/mol. The Bertz CT molecular complexity index is 758. The maximum absolute atomic E-state index is 12.5. The molecule has 124 valence electrons. The third kappa shape index (κ3) is 3.15. The molecule has 0 unspecified atom stereocenters. The summed E-state index contributed by atoms with van der Waals surface area (Å²) in [6, 6.07) is 9.09. The third-order valence-corrected chi connectivity index (χ3v) is 5.92. The van der Waals surface area contributed by atoms with Crippen LogP contribution in [0.15, 0.2) is 34.9 Å². The number of benzene rings is 1. The molecule has 1 fully saturated rings. The van der Waals surface area contributed by atoms with Crippen molar-refractivity contribution in [2.75, 3.05) is 20.6 Å². The molecule has 1 atom stereocenters. The van der Waals surface area contributed by atoms with Crippen molar-refractivity contribution in [2.45, 2.75) is 25.3 Å². The van der Waals surface area contributed by atoms with Crippen LogP contribution in [0, 0.1) is 0 Å². The predicted molar refractivity (Wildman–Crippen MR) is 85.6 cm³/mol. The molecule has 1 aliphatic rings. The number of rotatable bonds is 4. The summed E-state index contributed by atoms with van der Waals surface area (Å²) in [5, 5.41) is 4.00. The van der Waals surface area contributed by atoms with Gasteiger partial charge in [-0.15, -0.1) is 0 Å². The van der Waals surface area contributed by atoms with Gasteiger partial charge in [-0.3, -0.25) is 0 Å². The topological polar surface area (TPSA) is 79.5 Å². The summed E-state index contributed by atoms with van der Waals surface area (Å²) in [5.41, 5.74) is 0.848. The zero-order valence-corrected chi connectivity index (χ0v) is 14.0. The molecule has 8 heteroatoms. The Morgan fingerprint density at radius 1 is 1.22 bits per heavy atom. The predicted octanol–water partition coefficient (Wildman–Crippen LogP) is 2.07. The summed E-state index contributed by atoms with van der Waals surface area (Å²) >= 11 is 0. The van der Waals surface area contributed by atoms with E-state index >= 15 is 0 Å². The smallest absolute Gasteiger partial charge is 0.282 e. The lowest BCUT2D eigenvalue weighted by atomic mass is 10.1. The Balaban J connectivity index is 1.92. The van der Waals surface area contributed by atoms with Gasteiger partial charge in [-0.2, -0.15) is 22.0 Å². The van der Waals surface area contributed by atoms with Crippen molar-refractivity contribution in [3.05, 3.63) is 36.2 Å². The molecule has 0 aliphatic carbocycles. The van der Waals surface area contributed by atoms with Crippen molar-refractivity contribution >= 4 is 10.2 Å². The molecular formula is C15H20N4O3S. The van der Waals surface area contributed by atoms with Crippen molar-refractivity contribution in [1.29, 1.82) is 0 Å². The first-order chi connectivity index (χ1) is 11.0. The molecule has 1 aliphatic heterocycles. The van der Waals surface area contributed by atoms with Crippen LogP contribution in [0.5, 0.6) is 0 Å². The van der Waals surface area contributed by atoms with Crippen LogP contribution in [0.4, 0.5) is 0 Å². The van der Waals surface area contributed by atoms with Crippen molar-refractivity contribution < 1.29 is 12.9 Å². The Morgan fingerprint density at radius 3 is 2.65 bits per heavy atom. The average molecular weight is 336 g/mol. The molecule has 0 radical (unpaired) electrons. The molecule has 1 saturated heterocycles. The minimum Gasteiger partial charge on any atom is -0.337 e. The van der Waals surface area contributed by atoms with Gasteiger partial charge in [0.15, 0.2) is 0 Å². The SMILES string of the molecule is CN(C)S(=O)(=O)N1CCCC[C@H]1c1nc(-c2ccccc2)no1. The number of aromatic nitrogens is 2. The molecule has 0 bridgehead atoms. The van der Waals surface area contributed by atoms with E-state index in [2.05, 4.69) is 10.1 Å². The first-order valence-electron chi connectivity index (χ1n) is 7.58. The van der Waals surface area contributed by atoms with Gasteiger partial charge in [0.25, 0.3) is 10.2 Å². The lowest BCUT2D eigenvalue weighted by molar-refractivity contribution is 0.196. The van der Waals surface area contributed by atoms with Crippen LogP contribution in [0.3, 0.4) is 0 Å². The van der Waals surface area contributed by atoms with E-state index in [-0.39, 0.29) is 0 Å². The van der Waals surface area contributed by atoms with E-state index in [1.807, 2.05) is 30.3 Å². The van der Waals surface area contributed by atoms with E-state index in [0.717, 1.165) is 18.4 Å². The molecule has 0 amide bonds. The lowest BCUT2D eigenvalue weighted by Gasteiger charge is -2.33. The van der Waals surface area contributed by atoms with Crippen LogP contribution in [-0.4, -0.2) is 47.8 Å². The highest BCUT2D eigenvalue weighted by molar-refractivity contribution is 7.86. The first-order valence-corrected chi connectivity index (χ1v) is 8.98. The fourth-order valence-electron chi connectivity index (χ4n) is 2.71. The third-order valence-electron chi connectivity index (χ3n) is 3.97. The maximum atomic E-state index is 12.5. The van der Waals surface area contributed by atoms with E-state index in [9.17, 15) is 8.42 Å². The van der Waals surface area contributed by atoms with E-state index in [1.165, 1.54) is 22.7 Å². The summed E-state index contributed by atoms with van der Waals surface area (Å²) in [4.78, 5) is 4.42. The van der Waals surface area contributed by atoms with Crippen LogP contribution in [0.1, 0.15) is 31.2 Å². The molecule has 2 heterocycles. The Labute approximate surface area is 136 Å². The van der Waals surface area contributed by atoms with Crippen molar-refractivity contribution in [3.63, 3.8) is 0 Å². The normalized spacial score (nSPS) is 20.0. The Hall–Kier alpha value is -1.77. The summed E-state index contributed by atoms with van der Waals surface area (Å²) in [5.74, 6) is 0.836. The van der Waals surface area contributed by atoms with E-state index < -0.39 is 16.3 Å². The van der Waals surface area contributed by atoms with Crippen LogP contribution in [0.25, 0.3) is 11.4 Å². The molecule has 0 N–H and O–H groups in total. The second-order valence-electron chi connectivity index (χ2n) is 5.73. The van der Waals surface area contributed by atoms with Crippen LogP contribution in [0.2, 0.25) is 0 Å². The molecule has 0 saturated carbocycles. The number of hydrogen-bond acceptors (Lipinski definition) is 5. The largest absolute Gasteiger partial charge is 0.337 e. The molecule has 0 spiro atoms. The first kappa shape index (κ1) is 16.1. The number of nitrogens with zero attached hydrogens (tertiary/aromatic N) is 4. The van der Waals surface area contributed by atoms with Crippen molar-refractivity contribution in [2.24, 2.45) is 0 Å². The van der Waals surface area contributed by atoms with Gasteiger partial charge < -0.3 is 4.52 Å². The fraction of sp³-hybridized carbons (Fsp3) is 0.467. The molecule has 7 nitrogen and oxygen atoms in total. The fourth-order valence-corrected chi connectivity index (χ4v) is 4.01. The van der Waals surface area contributed by atoms with Gasteiger partial charge in [0.1, 0.15) is 6.04 Å². The van der Waals surface area contributed by atoms with E-state index in [0.29, 0.717) is 24.7 Å². The van der Waals surface area contributed by atoms with Gasteiger partial charge >= 0.3 is 0 Å². The highest BCUT2D eigenvalue weighted by Gasteiger charge is 2.37. The standard InChI is InChI=1S/C15H20N4O3S/c1-18(2)23(20,21)19-11-7-6-10-13(19)15-16-14(17-22-15)12-8-4-3-5-9-12/h3-5,8-9,13H,6-7,10-11H2,1-2H3/t13-/m0/s1. The second-order valence-corrected chi connectivity index (χ2v) is 7.83. The molecular weight excluding hydrogens is 316 g/mol. The number of piperidine rings is 1. The molecule has 2 aromatic rings. The van der Waals surface area contributed by atoms with Crippen LogP contribution >= 0.6 is 0 Å². The minimum absolute atomic E-state index is 0.356. The zero-order valence-electron chi connectivity index (χ0n) is 13.2. The van der Waals surface area contributed by atoms with Crippen molar-refractivity contribution in [3.8, 4) is 11.4 Å². The zero-order chi connectivity index (χ0) is 16.4. The van der Waals surface area contributed by atoms with E-state index in [1.54, 1.807) is 0 Å². The minimum atomic E-state index is -3.51. The lowest BCUT2D eigenvalue weighted by Crippen LogP contribution is -2.44. The summed E-state index contributed by atoms with van der Waals surface area (Å²) < 4.78 is 33.1. The van der Waals surface area contributed by atoms with E-state index in [4.69, 9.17) is 4.52 Å². The van der Waals surface area contributed by atoms with Crippen molar-refractivity contribution in [1.82, 2.24) is 18.8 Å². The maximum Gasteiger partial charge on any atom is 0.282 e.